The van der Waals surface area contributed by atoms with Gasteiger partial charge in [0.25, 0.3) is 5.92 Å². The molecule has 1 unspecified atom stereocenters. The zero-order valence-electron chi connectivity index (χ0n) is 11.4. The van der Waals surface area contributed by atoms with Gasteiger partial charge in [0.05, 0.1) is 18.2 Å². The van der Waals surface area contributed by atoms with E-state index in [4.69, 9.17) is 4.52 Å². The highest BCUT2D eigenvalue weighted by molar-refractivity contribution is 5.12. The molecule has 6 heteroatoms. The SMILES string of the molecule is Cc1cc(Cc2nccn2C2CCCCC2(F)F)no1. The molecule has 1 aliphatic rings. The standard InChI is InChI=1S/C14H17F2N3O/c1-10-8-11(18-20-10)9-13-17-6-7-19(13)12-4-2-3-5-14(12,15)16/h6-8,12H,2-5,9H2,1H3. The summed E-state index contributed by atoms with van der Waals surface area (Å²) in [6.45, 7) is 1.80. The summed E-state index contributed by atoms with van der Waals surface area (Å²) >= 11 is 0. The van der Waals surface area contributed by atoms with Crippen molar-refractivity contribution in [1.29, 1.82) is 0 Å². The van der Waals surface area contributed by atoms with E-state index in [2.05, 4.69) is 10.1 Å². The molecule has 3 rings (SSSR count). The van der Waals surface area contributed by atoms with Crippen molar-refractivity contribution in [2.45, 2.75) is 51.0 Å². The van der Waals surface area contributed by atoms with Crippen LogP contribution in [-0.4, -0.2) is 20.6 Å². The summed E-state index contributed by atoms with van der Waals surface area (Å²) in [5, 5.41) is 3.90. The Kier molecular flexibility index (Phi) is 3.31. The summed E-state index contributed by atoms with van der Waals surface area (Å²) in [5.74, 6) is -1.33. The van der Waals surface area contributed by atoms with Crippen LogP contribution in [0.2, 0.25) is 0 Å². The van der Waals surface area contributed by atoms with E-state index in [1.807, 2.05) is 0 Å². The minimum absolute atomic E-state index is 0.0433. The molecule has 2 aromatic heterocycles. The van der Waals surface area contributed by atoms with E-state index in [0.29, 0.717) is 36.5 Å². The van der Waals surface area contributed by atoms with Crippen molar-refractivity contribution in [1.82, 2.24) is 14.7 Å². The van der Waals surface area contributed by atoms with Crippen LogP contribution in [0.15, 0.2) is 23.0 Å². The Morgan fingerprint density at radius 1 is 1.45 bits per heavy atom. The number of hydrogen-bond acceptors (Lipinski definition) is 3. The molecule has 108 valence electrons. The Morgan fingerprint density at radius 3 is 3.00 bits per heavy atom. The first-order valence-electron chi connectivity index (χ1n) is 6.88. The van der Waals surface area contributed by atoms with Crippen LogP contribution < -0.4 is 0 Å². The molecule has 4 nitrogen and oxygen atoms in total. The van der Waals surface area contributed by atoms with Gasteiger partial charge >= 0.3 is 0 Å². The van der Waals surface area contributed by atoms with Crippen molar-refractivity contribution >= 4 is 0 Å². The highest BCUT2D eigenvalue weighted by Crippen LogP contribution is 2.42. The molecule has 0 bridgehead atoms. The molecule has 1 fully saturated rings. The van der Waals surface area contributed by atoms with Crippen molar-refractivity contribution in [2.24, 2.45) is 0 Å². The average Bonchev–Trinajstić information content (AvgIpc) is 2.99. The van der Waals surface area contributed by atoms with Gasteiger partial charge in [-0.15, -0.1) is 0 Å². The first-order chi connectivity index (χ1) is 9.56. The normalized spacial score (nSPS) is 22.1. The lowest BCUT2D eigenvalue weighted by Crippen LogP contribution is -2.34. The Hall–Kier alpha value is -1.72. The van der Waals surface area contributed by atoms with Crippen LogP contribution in [-0.2, 0) is 6.42 Å². The Bertz CT molecular complexity index is 591. The second-order valence-electron chi connectivity index (χ2n) is 5.38. The van der Waals surface area contributed by atoms with E-state index in [0.717, 1.165) is 6.42 Å². The first kappa shape index (κ1) is 13.3. The molecular formula is C14H17F2N3O. The maximum atomic E-state index is 14.1. The Balaban J connectivity index is 1.86. The lowest BCUT2D eigenvalue weighted by Gasteiger charge is -2.33. The number of halogens is 2. The van der Waals surface area contributed by atoms with Gasteiger partial charge in [0.1, 0.15) is 11.6 Å². The van der Waals surface area contributed by atoms with Gasteiger partial charge in [0, 0.05) is 24.9 Å². The van der Waals surface area contributed by atoms with Crippen LogP contribution in [0.3, 0.4) is 0 Å². The number of imidazole rings is 1. The van der Waals surface area contributed by atoms with Crippen LogP contribution in [0.25, 0.3) is 0 Å². The number of nitrogens with zero attached hydrogens (tertiary/aromatic N) is 3. The molecule has 1 atom stereocenters. The number of aryl methyl sites for hydroxylation is 1. The number of aromatic nitrogens is 3. The van der Waals surface area contributed by atoms with E-state index in [9.17, 15) is 8.78 Å². The summed E-state index contributed by atoms with van der Waals surface area (Å²) in [7, 11) is 0. The van der Waals surface area contributed by atoms with Crippen molar-refractivity contribution in [2.75, 3.05) is 0 Å². The maximum absolute atomic E-state index is 14.1. The Morgan fingerprint density at radius 2 is 2.30 bits per heavy atom. The molecule has 0 spiro atoms. The molecule has 0 aromatic carbocycles. The van der Waals surface area contributed by atoms with Gasteiger partial charge in [0.2, 0.25) is 0 Å². The Labute approximate surface area is 115 Å². The fourth-order valence-electron chi connectivity index (χ4n) is 2.85. The summed E-state index contributed by atoms with van der Waals surface area (Å²) in [6, 6.07) is 1.01. The van der Waals surface area contributed by atoms with Crippen molar-refractivity contribution in [3.05, 3.63) is 35.7 Å². The third-order valence-electron chi connectivity index (χ3n) is 3.83. The third-order valence-corrected chi connectivity index (χ3v) is 3.83. The molecule has 0 saturated heterocycles. The predicted octanol–water partition coefficient (Wildman–Crippen LogP) is 3.52. The highest BCUT2D eigenvalue weighted by atomic mass is 19.3. The fraction of sp³-hybridized carbons (Fsp3) is 0.571. The summed E-state index contributed by atoms with van der Waals surface area (Å²) in [6.07, 6.45) is 5.51. The lowest BCUT2D eigenvalue weighted by molar-refractivity contribution is -0.0788. The molecule has 2 aromatic rings. The van der Waals surface area contributed by atoms with Crippen LogP contribution >= 0.6 is 0 Å². The predicted molar refractivity (Wildman–Crippen MR) is 68.7 cm³/mol. The fourth-order valence-corrected chi connectivity index (χ4v) is 2.85. The van der Waals surface area contributed by atoms with Gasteiger partial charge in [-0.25, -0.2) is 13.8 Å². The quantitative estimate of drug-likeness (QED) is 0.864. The molecule has 2 heterocycles. The van der Waals surface area contributed by atoms with Crippen molar-refractivity contribution in [3.63, 3.8) is 0 Å². The molecule has 0 N–H and O–H groups in total. The zero-order chi connectivity index (χ0) is 14.2. The smallest absolute Gasteiger partial charge is 0.268 e. The third kappa shape index (κ3) is 2.46. The average molecular weight is 281 g/mol. The maximum Gasteiger partial charge on any atom is 0.268 e. The van der Waals surface area contributed by atoms with Crippen LogP contribution in [0, 0.1) is 6.92 Å². The zero-order valence-corrected chi connectivity index (χ0v) is 11.4. The lowest BCUT2D eigenvalue weighted by atomic mass is 9.91. The second-order valence-corrected chi connectivity index (χ2v) is 5.38. The van der Waals surface area contributed by atoms with Crippen LogP contribution in [0.1, 0.15) is 49.0 Å². The second kappa shape index (κ2) is 5.00. The minimum atomic E-state index is -2.66. The highest BCUT2D eigenvalue weighted by Gasteiger charge is 2.43. The summed E-state index contributed by atoms with van der Waals surface area (Å²) in [5.41, 5.74) is 0.717. The summed E-state index contributed by atoms with van der Waals surface area (Å²) < 4.78 is 34.8. The first-order valence-corrected chi connectivity index (χ1v) is 6.88. The number of rotatable bonds is 3. The largest absolute Gasteiger partial charge is 0.361 e. The van der Waals surface area contributed by atoms with Crippen LogP contribution in [0.5, 0.6) is 0 Å². The van der Waals surface area contributed by atoms with E-state index in [1.54, 1.807) is 30.0 Å². The van der Waals surface area contributed by atoms with E-state index in [1.165, 1.54) is 0 Å². The molecule has 0 radical (unpaired) electrons. The molecule has 20 heavy (non-hydrogen) atoms. The van der Waals surface area contributed by atoms with E-state index < -0.39 is 12.0 Å². The summed E-state index contributed by atoms with van der Waals surface area (Å²) in [4.78, 5) is 4.21. The molecule has 1 aliphatic carbocycles. The van der Waals surface area contributed by atoms with Gasteiger partial charge in [-0.05, 0) is 19.8 Å². The van der Waals surface area contributed by atoms with Crippen molar-refractivity contribution in [3.8, 4) is 0 Å². The molecule has 1 saturated carbocycles. The number of alkyl halides is 2. The van der Waals surface area contributed by atoms with E-state index in [-0.39, 0.29) is 6.42 Å². The molecule has 0 amide bonds. The van der Waals surface area contributed by atoms with Crippen LogP contribution in [0.4, 0.5) is 8.78 Å². The number of hydrogen-bond donors (Lipinski definition) is 0. The van der Waals surface area contributed by atoms with Gasteiger partial charge in [-0.3, -0.25) is 0 Å². The molecular weight excluding hydrogens is 264 g/mol. The minimum Gasteiger partial charge on any atom is -0.361 e. The topological polar surface area (TPSA) is 43.9 Å². The monoisotopic (exact) mass is 281 g/mol. The van der Waals surface area contributed by atoms with Gasteiger partial charge in [-0.2, -0.15) is 0 Å². The van der Waals surface area contributed by atoms with Gasteiger partial charge in [-0.1, -0.05) is 11.6 Å². The molecule has 0 aliphatic heterocycles. The van der Waals surface area contributed by atoms with E-state index >= 15 is 0 Å². The van der Waals surface area contributed by atoms with Crippen molar-refractivity contribution < 1.29 is 13.3 Å². The van der Waals surface area contributed by atoms with Gasteiger partial charge < -0.3 is 9.09 Å². The van der Waals surface area contributed by atoms with Gasteiger partial charge in [0.15, 0.2) is 0 Å².